The Morgan fingerprint density at radius 1 is 1.32 bits per heavy atom. The molecule has 1 heterocycles. The minimum Gasteiger partial charge on any atom is -0.306 e. The van der Waals surface area contributed by atoms with Gasteiger partial charge in [0.1, 0.15) is 0 Å². The molecule has 0 aliphatic heterocycles. The van der Waals surface area contributed by atoms with Gasteiger partial charge in [0, 0.05) is 7.05 Å². The number of hydrogen-bond donors (Lipinski definition) is 0. The summed E-state index contributed by atoms with van der Waals surface area (Å²) >= 11 is 0. The standard InChI is InChI=1S/C16H17F3N3/c1-10-8-12-6-4-5-7-13(12)14(10)21(3)22-9-20-11(2)15(22)16(17,18)19/h4-7,10,14H,8H2,1-3H3. The molecule has 3 rings (SSSR count). The molecule has 0 saturated carbocycles. The maximum Gasteiger partial charge on any atom is 0.435 e. The van der Waals surface area contributed by atoms with Crippen LogP contribution in [0.2, 0.25) is 0 Å². The lowest BCUT2D eigenvalue weighted by Gasteiger charge is -2.32. The van der Waals surface area contributed by atoms with E-state index < -0.39 is 11.9 Å². The topological polar surface area (TPSA) is 21.1 Å². The third-order valence-corrected chi connectivity index (χ3v) is 4.31. The Kier molecular flexibility index (Phi) is 3.42. The fourth-order valence-corrected chi connectivity index (χ4v) is 3.40. The first-order chi connectivity index (χ1) is 10.3. The molecule has 1 aliphatic rings. The number of fused-ring (bicyclic) bond motifs is 1. The molecular weight excluding hydrogens is 291 g/mol. The number of alkyl halides is 3. The van der Waals surface area contributed by atoms with Crippen LogP contribution in [0.15, 0.2) is 24.3 Å². The third kappa shape index (κ3) is 2.26. The first-order valence-corrected chi connectivity index (χ1v) is 7.16. The van der Waals surface area contributed by atoms with E-state index in [0.29, 0.717) is 0 Å². The summed E-state index contributed by atoms with van der Waals surface area (Å²) in [5.74, 6) is 0.222. The molecule has 0 saturated heterocycles. The van der Waals surface area contributed by atoms with Crippen LogP contribution in [0.4, 0.5) is 13.2 Å². The van der Waals surface area contributed by atoms with Gasteiger partial charge in [-0.3, -0.25) is 0 Å². The van der Waals surface area contributed by atoms with Gasteiger partial charge in [0.15, 0.2) is 12.0 Å². The summed E-state index contributed by atoms with van der Waals surface area (Å²) in [6.07, 6.45) is -1.11. The Morgan fingerprint density at radius 2 is 2.00 bits per heavy atom. The second-order valence-electron chi connectivity index (χ2n) is 5.85. The summed E-state index contributed by atoms with van der Waals surface area (Å²) in [7, 11) is 1.66. The smallest absolute Gasteiger partial charge is 0.306 e. The van der Waals surface area contributed by atoms with Crippen molar-refractivity contribution in [3.05, 3.63) is 53.1 Å². The quantitative estimate of drug-likeness (QED) is 0.846. The number of nitrogens with zero attached hydrogens (tertiary/aromatic N) is 3. The Labute approximate surface area is 127 Å². The molecule has 1 aliphatic carbocycles. The highest BCUT2D eigenvalue weighted by atomic mass is 19.4. The SMILES string of the molecule is Cc1n[c]n(N(C)C2c3ccccc3CC2C)c1C(F)(F)F. The summed E-state index contributed by atoms with van der Waals surface area (Å²) in [4.78, 5) is 3.73. The van der Waals surface area contributed by atoms with Crippen LogP contribution in [0.1, 0.15) is 35.5 Å². The van der Waals surface area contributed by atoms with Crippen molar-refractivity contribution >= 4 is 0 Å². The van der Waals surface area contributed by atoms with Crippen LogP contribution in [0.25, 0.3) is 0 Å². The Balaban J connectivity index is 2.04. The van der Waals surface area contributed by atoms with Crippen LogP contribution in [0, 0.1) is 19.2 Å². The molecule has 117 valence electrons. The lowest BCUT2D eigenvalue weighted by Crippen LogP contribution is -2.38. The maximum absolute atomic E-state index is 13.3. The number of imidazole rings is 1. The molecule has 0 fully saturated rings. The van der Waals surface area contributed by atoms with Gasteiger partial charge in [-0.05, 0) is 30.4 Å². The molecule has 22 heavy (non-hydrogen) atoms. The molecule has 1 aromatic carbocycles. The number of benzene rings is 1. The molecule has 1 radical (unpaired) electrons. The van der Waals surface area contributed by atoms with Crippen LogP contribution in [0.5, 0.6) is 0 Å². The average molecular weight is 308 g/mol. The summed E-state index contributed by atoms with van der Waals surface area (Å²) in [6.45, 7) is 3.41. The van der Waals surface area contributed by atoms with Crippen LogP contribution in [0.3, 0.4) is 0 Å². The van der Waals surface area contributed by atoms with Gasteiger partial charge in [-0.25, -0.2) is 9.66 Å². The van der Waals surface area contributed by atoms with E-state index in [-0.39, 0.29) is 17.7 Å². The van der Waals surface area contributed by atoms with Crippen LogP contribution in [-0.2, 0) is 12.6 Å². The van der Waals surface area contributed by atoms with Gasteiger partial charge in [0.05, 0.1) is 11.7 Å². The Hall–Kier alpha value is -1.98. The zero-order valence-corrected chi connectivity index (χ0v) is 12.6. The average Bonchev–Trinajstić information content (AvgIpc) is 2.97. The van der Waals surface area contributed by atoms with Crippen molar-refractivity contribution in [3.63, 3.8) is 0 Å². The normalized spacial score (nSPS) is 21.0. The fraction of sp³-hybridized carbons (Fsp3) is 0.438. The van der Waals surface area contributed by atoms with Gasteiger partial charge >= 0.3 is 6.18 Å². The van der Waals surface area contributed by atoms with Crippen molar-refractivity contribution in [2.75, 3.05) is 12.1 Å². The number of hydrogen-bond acceptors (Lipinski definition) is 2. The van der Waals surface area contributed by atoms with E-state index in [0.717, 1.165) is 16.7 Å². The van der Waals surface area contributed by atoms with Gasteiger partial charge in [-0.15, -0.1) is 0 Å². The van der Waals surface area contributed by atoms with E-state index in [1.165, 1.54) is 12.5 Å². The summed E-state index contributed by atoms with van der Waals surface area (Å²) in [6, 6.07) is 7.78. The Bertz CT molecular complexity index is 690. The maximum atomic E-state index is 13.3. The molecule has 0 spiro atoms. The van der Waals surface area contributed by atoms with Gasteiger partial charge in [-0.2, -0.15) is 13.2 Å². The zero-order chi connectivity index (χ0) is 16.1. The van der Waals surface area contributed by atoms with E-state index in [2.05, 4.69) is 18.2 Å². The van der Waals surface area contributed by atoms with E-state index >= 15 is 0 Å². The first-order valence-electron chi connectivity index (χ1n) is 7.16. The minimum absolute atomic E-state index is 0.0571. The van der Waals surface area contributed by atoms with Crippen molar-refractivity contribution in [2.45, 2.75) is 32.5 Å². The van der Waals surface area contributed by atoms with Gasteiger partial charge in [0.2, 0.25) is 0 Å². The molecule has 6 heteroatoms. The highest BCUT2D eigenvalue weighted by molar-refractivity contribution is 5.38. The first kappa shape index (κ1) is 14.9. The predicted molar refractivity (Wildman–Crippen MR) is 77.0 cm³/mol. The number of aryl methyl sites for hydroxylation is 1. The molecule has 0 bridgehead atoms. The van der Waals surface area contributed by atoms with Gasteiger partial charge in [-0.1, -0.05) is 31.2 Å². The number of aromatic nitrogens is 2. The predicted octanol–water partition coefficient (Wildman–Crippen LogP) is 3.51. The largest absolute Gasteiger partial charge is 0.435 e. The number of rotatable bonds is 2. The summed E-state index contributed by atoms with van der Waals surface area (Å²) in [5, 5.41) is 1.60. The van der Waals surface area contributed by atoms with Gasteiger partial charge in [0.25, 0.3) is 0 Å². The minimum atomic E-state index is -4.45. The number of halogens is 3. The molecular formula is C16H17F3N3. The van der Waals surface area contributed by atoms with E-state index in [4.69, 9.17) is 0 Å². The lowest BCUT2D eigenvalue weighted by molar-refractivity contribution is -0.144. The third-order valence-electron chi connectivity index (χ3n) is 4.31. The Morgan fingerprint density at radius 3 is 2.68 bits per heavy atom. The molecule has 2 unspecified atom stereocenters. The van der Waals surface area contributed by atoms with Crippen molar-refractivity contribution in [1.82, 2.24) is 9.66 Å². The van der Waals surface area contributed by atoms with Crippen LogP contribution in [-0.4, -0.2) is 16.7 Å². The summed E-state index contributed by atoms with van der Waals surface area (Å²) < 4.78 is 40.8. The van der Waals surface area contributed by atoms with Crippen molar-refractivity contribution in [2.24, 2.45) is 5.92 Å². The molecule has 0 amide bonds. The van der Waals surface area contributed by atoms with Crippen molar-refractivity contribution in [1.29, 1.82) is 0 Å². The second-order valence-corrected chi connectivity index (χ2v) is 5.85. The highest BCUT2D eigenvalue weighted by Crippen LogP contribution is 2.40. The molecule has 1 aromatic heterocycles. The molecule has 3 nitrogen and oxygen atoms in total. The molecule has 2 atom stereocenters. The van der Waals surface area contributed by atoms with Crippen molar-refractivity contribution < 1.29 is 13.2 Å². The van der Waals surface area contributed by atoms with Crippen LogP contribution >= 0.6 is 0 Å². The van der Waals surface area contributed by atoms with E-state index in [9.17, 15) is 13.2 Å². The molecule has 2 aromatic rings. The van der Waals surface area contributed by atoms with Gasteiger partial charge < -0.3 is 5.01 Å². The van der Waals surface area contributed by atoms with Crippen LogP contribution < -0.4 is 5.01 Å². The van der Waals surface area contributed by atoms with E-state index in [1.807, 2.05) is 24.3 Å². The van der Waals surface area contributed by atoms with E-state index in [1.54, 1.807) is 12.1 Å². The molecule has 0 N–H and O–H groups in total. The second kappa shape index (κ2) is 5.04. The zero-order valence-electron chi connectivity index (χ0n) is 12.6. The summed E-state index contributed by atoms with van der Waals surface area (Å²) in [5.41, 5.74) is 1.45. The fourth-order valence-electron chi connectivity index (χ4n) is 3.40. The van der Waals surface area contributed by atoms with Crippen molar-refractivity contribution in [3.8, 4) is 0 Å². The monoisotopic (exact) mass is 308 g/mol. The lowest BCUT2D eigenvalue weighted by atomic mass is 10.0. The highest BCUT2D eigenvalue weighted by Gasteiger charge is 2.41.